The first-order chi connectivity index (χ1) is 12.3. The first kappa shape index (κ1) is 15.6. The molecule has 1 aromatic rings. The van der Waals surface area contributed by atoms with Crippen LogP contribution in [0.25, 0.3) is 0 Å². The number of likely N-dealkylation sites (tertiary alicyclic amines) is 1. The van der Waals surface area contributed by atoms with Crippen molar-refractivity contribution in [1.82, 2.24) is 20.7 Å². The van der Waals surface area contributed by atoms with E-state index in [-0.39, 0.29) is 6.04 Å². The lowest BCUT2D eigenvalue weighted by Crippen LogP contribution is -2.51. The summed E-state index contributed by atoms with van der Waals surface area (Å²) in [5.41, 5.74) is 6.72. The average molecular weight is 341 g/mol. The third-order valence-electron chi connectivity index (χ3n) is 6.74. The van der Waals surface area contributed by atoms with Crippen molar-refractivity contribution in [2.24, 2.45) is 11.8 Å². The Labute approximate surface area is 148 Å². The second-order valence-corrected chi connectivity index (χ2v) is 8.06. The van der Waals surface area contributed by atoms with Gasteiger partial charge < -0.3 is 9.80 Å². The monoisotopic (exact) mass is 341 g/mol. The molecule has 3 aliphatic heterocycles. The zero-order valence-electron chi connectivity index (χ0n) is 14.6. The number of pyridine rings is 1. The van der Waals surface area contributed by atoms with Gasteiger partial charge in [0.1, 0.15) is 11.9 Å². The van der Waals surface area contributed by atoms with Crippen LogP contribution >= 0.6 is 0 Å². The van der Waals surface area contributed by atoms with Gasteiger partial charge in [0.05, 0.1) is 6.04 Å². The van der Waals surface area contributed by atoms with Crippen molar-refractivity contribution in [1.29, 1.82) is 0 Å². The topological polar surface area (TPSA) is 60.5 Å². The van der Waals surface area contributed by atoms with Crippen molar-refractivity contribution in [3.63, 3.8) is 0 Å². The van der Waals surface area contributed by atoms with Gasteiger partial charge in [-0.15, -0.1) is 0 Å². The van der Waals surface area contributed by atoms with E-state index in [1.165, 1.54) is 25.7 Å². The Balaban J connectivity index is 1.30. The van der Waals surface area contributed by atoms with E-state index in [1.54, 1.807) is 0 Å². The third kappa shape index (κ3) is 2.62. The number of anilines is 1. The molecule has 5 atom stereocenters. The van der Waals surface area contributed by atoms with Crippen LogP contribution in [-0.4, -0.2) is 53.6 Å². The van der Waals surface area contributed by atoms with Crippen molar-refractivity contribution in [3.8, 4) is 0 Å². The van der Waals surface area contributed by atoms with Crippen LogP contribution in [0.3, 0.4) is 0 Å². The second kappa shape index (κ2) is 6.25. The predicted molar refractivity (Wildman–Crippen MR) is 95.9 cm³/mol. The number of carbonyl (C=O) groups is 1. The van der Waals surface area contributed by atoms with Gasteiger partial charge in [0, 0.05) is 43.7 Å². The number of rotatable bonds is 2. The number of carbonyl (C=O) groups excluding carboxylic acids is 1. The molecule has 1 aromatic heterocycles. The molecule has 0 spiro atoms. The van der Waals surface area contributed by atoms with E-state index >= 15 is 0 Å². The van der Waals surface area contributed by atoms with Crippen molar-refractivity contribution in [2.45, 2.75) is 50.2 Å². The summed E-state index contributed by atoms with van der Waals surface area (Å²) < 4.78 is 0. The Hall–Kier alpha value is -1.66. The van der Waals surface area contributed by atoms with Crippen LogP contribution < -0.4 is 15.8 Å². The lowest BCUT2D eigenvalue weighted by Gasteiger charge is -2.31. The zero-order chi connectivity index (χ0) is 16.8. The molecule has 6 heteroatoms. The standard InChI is InChI=1S/C19H27N5O/c25-19(18-14-5-1-2-6-15(14)21-22-18)24-10-8-13-11-23(12-16(13)24)17-7-3-4-9-20-17/h3-4,7,9,13-16,18,21-22H,1-2,5-6,8,10-12H2. The van der Waals surface area contributed by atoms with Crippen LogP contribution in [0.15, 0.2) is 24.4 Å². The van der Waals surface area contributed by atoms with Crippen LogP contribution in [0, 0.1) is 11.8 Å². The zero-order valence-corrected chi connectivity index (χ0v) is 14.6. The van der Waals surface area contributed by atoms with Crippen LogP contribution in [0.2, 0.25) is 0 Å². The highest BCUT2D eigenvalue weighted by Gasteiger charge is 2.48. The quantitative estimate of drug-likeness (QED) is 0.845. The normalized spacial score (nSPS) is 37.2. The van der Waals surface area contributed by atoms with Crippen LogP contribution in [0.4, 0.5) is 5.82 Å². The molecule has 0 radical (unpaired) electrons. The number of hydrazine groups is 1. The summed E-state index contributed by atoms with van der Waals surface area (Å²) in [5.74, 6) is 2.41. The molecule has 1 aliphatic carbocycles. The Kier molecular flexibility index (Phi) is 3.90. The summed E-state index contributed by atoms with van der Waals surface area (Å²) in [4.78, 5) is 22.3. The van der Waals surface area contributed by atoms with E-state index in [4.69, 9.17) is 0 Å². The van der Waals surface area contributed by atoms with E-state index < -0.39 is 0 Å². The second-order valence-electron chi connectivity index (χ2n) is 8.06. The largest absolute Gasteiger partial charge is 0.354 e. The van der Waals surface area contributed by atoms with Gasteiger partial charge >= 0.3 is 0 Å². The molecule has 4 heterocycles. The average Bonchev–Trinajstić information content (AvgIpc) is 3.35. The number of hydrogen-bond donors (Lipinski definition) is 2. The third-order valence-corrected chi connectivity index (χ3v) is 6.74. The van der Waals surface area contributed by atoms with Crippen LogP contribution in [-0.2, 0) is 4.79 Å². The maximum atomic E-state index is 13.3. The predicted octanol–water partition coefficient (Wildman–Crippen LogP) is 1.15. The van der Waals surface area contributed by atoms with Crippen LogP contribution in [0.1, 0.15) is 32.1 Å². The summed E-state index contributed by atoms with van der Waals surface area (Å²) in [6, 6.07) is 6.86. The van der Waals surface area contributed by atoms with Gasteiger partial charge in [-0.05, 0) is 31.4 Å². The summed E-state index contributed by atoms with van der Waals surface area (Å²) in [7, 11) is 0. The fraction of sp³-hybridized carbons (Fsp3) is 0.684. The smallest absolute Gasteiger partial charge is 0.241 e. The van der Waals surface area contributed by atoms with E-state index in [1.807, 2.05) is 18.3 Å². The summed E-state index contributed by atoms with van der Waals surface area (Å²) >= 11 is 0. The molecule has 3 saturated heterocycles. The van der Waals surface area contributed by atoms with Crippen molar-refractivity contribution in [2.75, 3.05) is 24.5 Å². The summed E-state index contributed by atoms with van der Waals surface area (Å²) in [6.07, 6.45) is 7.87. The fourth-order valence-electron chi connectivity index (χ4n) is 5.43. The first-order valence-electron chi connectivity index (χ1n) is 9.79. The number of hydrogen-bond acceptors (Lipinski definition) is 5. The highest BCUT2D eigenvalue weighted by Crippen LogP contribution is 2.36. The van der Waals surface area contributed by atoms with E-state index in [9.17, 15) is 4.79 Å². The Morgan fingerprint density at radius 1 is 1.12 bits per heavy atom. The molecular formula is C19H27N5O. The Morgan fingerprint density at radius 2 is 2.04 bits per heavy atom. The SMILES string of the molecule is O=C(C1NNC2CCCCC21)N1CCC2CN(c3ccccn3)CC21. The maximum absolute atomic E-state index is 13.3. The van der Waals surface area contributed by atoms with Gasteiger partial charge in [-0.25, -0.2) is 10.4 Å². The fourth-order valence-corrected chi connectivity index (χ4v) is 5.43. The van der Waals surface area contributed by atoms with Gasteiger partial charge in [-0.3, -0.25) is 10.2 Å². The Morgan fingerprint density at radius 3 is 2.92 bits per heavy atom. The van der Waals surface area contributed by atoms with Gasteiger partial charge in [-0.1, -0.05) is 18.9 Å². The number of nitrogens with zero attached hydrogens (tertiary/aromatic N) is 3. The molecule has 5 unspecified atom stereocenters. The highest BCUT2D eigenvalue weighted by molar-refractivity contribution is 5.83. The molecule has 0 bridgehead atoms. The molecular weight excluding hydrogens is 314 g/mol. The van der Waals surface area contributed by atoms with Crippen LogP contribution in [0.5, 0.6) is 0 Å². The van der Waals surface area contributed by atoms with Gasteiger partial charge in [0.2, 0.25) is 5.91 Å². The van der Waals surface area contributed by atoms with Crippen molar-refractivity contribution < 1.29 is 4.79 Å². The molecule has 6 nitrogen and oxygen atoms in total. The van der Waals surface area contributed by atoms with Gasteiger partial charge in [0.15, 0.2) is 0 Å². The number of aromatic nitrogens is 1. The molecule has 25 heavy (non-hydrogen) atoms. The maximum Gasteiger partial charge on any atom is 0.241 e. The summed E-state index contributed by atoms with van der Waals surface area (Å²) in [6.45, 7) is 2.86. The minimum absolute atomic E-state index is 0.0343. The number of fused-ring (bicyclic) bond motifs is 2. The van der Waals surface area contributed by atoms with E-state index in [0.717, 1.165) is 31.9 Å². The van der Waals surface area contributed by atoms with E-state index in [0.29, 0.717) is 29.8 Å². The number of amides is 1. The summed E-state index contributed by atoms with van der Waals surface area (Å²) in [5, 5.41) is 0. The highest BCUT2D eigenvalue weighted by atomic mass is 16.2. The molecule has 4 aliphatic rings. The molecule has 1 amide bonds. The molecule has 134 valence electrons. The van der Waals surface area contributed by atoms with Crippen molar-refractivity contribution in [3.05, 3.63) is 24.4 Å². The number of nitrogens with one attached hydrogen (secondary N) is 2. The lowest BCUT2D eigenvalue weighted by atomic mass is 9.81. The van der Waals surface area contributed by atoms with Gasteiger partial charge in [0.25, 0.3) is 0 Å². The molecule has 1 saturated carbocycles. The van der Waals surface area contributed by atoms with Crippen molar-refractivity contribution >= 4 is 11.7 Å². The first-order valence-corrected chi connectivity index (χ1v) is 9.79. The minimum Gasteiger partial charge on any atom is -0.354 e. The van der Waals surface area contributed by atoms with E-state index in [2.05, 4.69) is 31.7 Å². The molecule has 2 N–H and O–H groups in total. The van der Waals surface area contributed by atoms with Gasteiger partial charge in [-0.2, -0.15) is 0 Å². The molecule has 5 rings (SSSR count). The Bertz CT molecular complexity index is 638. The molecule has 0 aromatic carbocycles. The minimum atomic E-state index is -0.0343. The lowest BCUT2D eigenvalue weighted by molar-refractivity contribution is -0.135. The molecule has 4 fully saturated rings.